The van der Waals surface area contributed by atoms with Crippen molar-refractivity contribution in [1.82, 2.24) is 0 Å². The van der Waals surface area contributed by atoms with Gasteiger partial charge in [-0.2, -0.15) is 0 Å². The van der Waals surface area contributed by atoms with Crippen molar-refractivity contribution in [3.63, 3.8) is 0 Å². The van der Waals surface area contributed by atoms with Gasteiger partial charge >= 0.3 is 0 Å². The molecular formula is C3H3BrCl. The minimum absolute atomic E-state index is 0.394. The Labute approximate surface area is 45.0 Å². The number of rotatable bonds is 1. The molecule has 2 heteroatoms. The molecule has 0 amide bonds. The van der Waals surface area contributed by atoms with Gasteiger partial charge in [-0.05, 0) is 6.58 Å². The molecule has 0 nitrogen and oxygen atoms in total. The summed E-state index contributed by atoms with van der Waals surface area (Å²) in [6.07, 6.45) is 0. The van der Waals surface area contributed by atoms with Crippen LogP contribution >= 0.6 is 27.5 Å². The van der Waals surface area contributed by atoms with Gasteiger partial charge in [0, 0.05) is 10.4 Å². The van der Waals surface area contributed by atoms with Crippen LogP contribution < -0.4 is 0 Å². The summed E-state index contributed by atoms with van der Waals surface area (Å²) in [6.45, 7) is 4.93. The van der Waals surface area contributed by atoms with Crippen LogP contribution in [0.4, 0.5) is 0 Å². The topological polar surface area (TPSA) is 0 Å². The predicted molar refractivity (Wildman–Crippen MR) is 27.5 cm³/mol. The van der Waals surface area contributed by atoms with Gasteiger partial charge in [0.2, 0.25) is 0 Å². The minimum atomic E-state index is 0.394. The zero-order valence-electron chi connectivity index (χ0n) is 2.54. The Bertz CT molecular complexity index is 42.2. The van der Waals surface area contributed by atoms with E-state index in [0.29, 0.717) is 10.4 Å². The van der Waals surface area contributed by atoms with E-state index in [0.717, 1.165) is 0 Å². The van der Waals surface area contributed by atoms with Crippen LogP contribution in [0.5, 0.6) is 0 Å². The molecule has 5 heavy (non-hydrogen) atoms. The maximum atomic E-state index is 5.11. The Hall–Kier alpha value is 0.510. The van der Waals surface area contributed by atoms with Crippen molar-refractivity contribution in [1.29, 1.82) is 0 Å². The van der Waals surface area contributed by atoms with Crippen molar-refractivity contribution in [2.75, 3.05) is 5.33 Å². The summed E-state index contributed by atoms with van der Waals surface area (Å²) in [6, 6.07) is 0. The van der Waals surface area contributed by atoms with E-state index in [1.807, 2.05) is 0 Å². The molecule has 0 rings (SSSR count). The number of allylic oxidation sites excluding steroid dienone is 1. The van der Waals surface area contributed by atoms with Crippen molar-refractivity contribution in [3.8, 4) is 0 Å². The molecule has 0 N–H and O–H groups in total. The quantitative estimate of drug-likeness (QED) is 0.506. The zero-order chi connectivity index (χ0) is 4.28. The average Bonchev–Trinajstić information content (AvgIpc) is 1.38. The molecule has 0 heterocycles. The fraction of sp³-hybridized carbons (Fsp3) is 0.333. The van der Waals surface area contributed by atoms with Crippen molar-refractivity contribution in [2.45, 2.75) is 0 Å². The SMILES string of the molecule is [CH]=C(Cl)CBr. The Kier molecular flexibility index (Phi) is 3.01. The summed E-state index contributed by atoms with van der Waals surface area (Å²) in [4.78, 5) is 0. The van der Waals surface area contributed by atoms with Gasteiger partial charge in [0.25, 0.3) is 0 Å². The van der Waals surface area contributed by atoms with Crippen LogP contribution in [0.1, 0.15) is 0 Å². The summed E-state index contributed by atoms with van der Waals surface area (Å²) >= 11 is 8.13. The average molecular weight is 154 g/mol. The molecule has 0 aromatic heterocycles. The molecule has 29 valence electrons. The molecule has 0 aromatic rings. The zero-order valence-corrected chi connectivity index (χ0v) is 4.88. The van der Waals surface area contributed by atoms with Gasteiger partial charge in [0.05, 0.1) is 0 Å². The molecule has 1 radical (unpaired) electrons. The Morgan fingerprint density at radius 3 is 2.20 bits per heavy atom. The van der Waals surface area contributed by atoms with Gasteiger partial charge in [-0.3, -0.25) is 0 Å². The second-order valence-electron chi connectivity index (χ2n) is 0.580. The standard InChI is InChI=1S/C3H3BrCl/c1-3(5)2-4/h1H,2H2. The van der Waals surface area contributed by atoms with Gasteiger partial charge in [-0.25, -0.2) is 0 Å². The highest BCUT2D eigenvalue weighted by atomic mass is 79.9. The molecular weight excluding hydrogens is 151 g/mol. The number of halogens is 2. The second-order valence-corrected chi connectivity index (χ2v) is 1.63. The summed E-state index contributed by atoms with van der Waals surface area (Å²) < 4.78 is 0. The second kappa shape index (κ2) is 2.73. The molecule has 0 saturated heterocycles. The van der Waals surface area contributed by atoms with E-state index in [-0.39, 0.29) is 0 Å². The van der Waals surface area contributed by atoms with Gasteiger partial charge in [-0.1, -0.05) is 27.5 Å². The number of hydrogen-bond donors (Lipinski definition) is 0. The molecule has 0 aliphatic heterocycles. The lowest BCUT2D eigenvalue weighted by Crippen LogP contribution is -1.60. The first-order valence-corrected chi connectivity index (χ1v) is 2.60. The van der Waals surface area contributed by atoms with E-state index in [1.54, 1.807) is 0 Å². The molecule has 0 atom stereocenters. The highest BCUT2D eigenvalue weighted by Gasteiger charge is 1.73. The summed E-state index contributed by atoms with van der Waals surface area (Å²) in [5, 5.41) is 0.971. The van der Waals surface area contributed by atoms with Gasteiger partial charge < -0.3 is 0 Å². The molecule has 0 bridgehead atoms. The summed E-state index contributed by atoms with van der Waals surface area (Å²) in [5.74, 6) is 0. The van der Waals surface area contributed by atoms with E-state index in [1.165, 1.54) is 0 Å². The van der Waals surface area contributed by atoms with E-state index in [2.05, 4.69) is 15.9 Å². The van der Waals surface area contributed by atoms with Crippen LogP contribution in [0.25, 0.3) is 0 Å². The fourth-order valence-electron chi connectivity index (χ4n) is 0. The first-order valence-electron chi connectivity index (χ1n) is 1.10. The maximum absolute atomic E-state index is 5.11. The highest BCUT2D eigenvalue weighted by molar-refractivity contribution is 9.09. The molecule has 0 aromatic carbocycles. The Morgan fingerprint density at radius 1 is 2.00 bits per heavy atom. The molecule has 0 spiro atoms. The van der Waals surface area contributed by atoms with E-state index < -0.39 is 0 Å². The summed E-state index contributed by atoms with van der Waals surface area (Å²) in [7, 11) is 0. The van der Waals surface area contributed by atoms with Crippen LogP contribution in [0.15, 0.2) is 5.03 Å². The normalized spacial score (nSPS) is 7.60. The smallest absolute Gasteiger partial charge is 0.0391 e. The van der Waals surface area contributed by atoms with Crippen molar-refractivity contribution < 1.29 is 0 Å². The van der Waals surface area contributed by atoms with Crippen molar-refractivity contribution in [2.24, 2.45) is 0 Å². The van der Waals surface area contributed by atoms with Crippen LogP contribution in [0.3, 0.4) is 0 Å². The van der Waals surface area contributed by atoms with Gasteiger partial charge in [0.1, 0.15) is 0 Å². The van der Waals surface area contributed by atoms with Crippen LogP contribution in [0.2, 0.25) is 0 Å². The third-order valence-electron chi connectivity index (χ3n) is 0.128. The Balaban J connectivity index is 2.85. The molecule has 0 aliphatic rings. The van der Waals surface area contributed by atoms with Crippen LogP contribution in [0, 0.1) is 6.58 Å². The van der Waals surface area contributed by atoms with E-state index >= 15 is 0 Å². The highest BCUT2D eigenvalue weighted by Crippen LogP contribution is 1.98. The van der Waals surface area contributed by atoms with Gasteiger partial charge in [0.15, 0.2) is 0 Å². The lowest BCUT2D eigenvalue weighted by molar-refractivity contribution is 1.76. The number of alkyl halides is 1. The number of hydrogen-bond acceptors (Lipinski definition) is 0. The lowest BCUT2D eigenvalue weighted by atomic mass is 10.8. The Morgan fingerprint density at radius 2 is 2.20 bits per heavy atom. The van der Waals surface area contributed by atoms with Gasteiger partial charge in [-0.15, -0.1) is 0 Å². The fourth-order valence-corrected chi connectivity index (χ4v) is 0. The largest absolute Gasteiger partial charge is 0.0882 e. The first kappa shape index (κ1) is 5.51. The lowest BCUT2D eigenvalue weighted by Gasteiger charge is -1.73. The molecule has 0 fully saturated rings. The third-order valence-corrected chi connectivity index (χ3v) is 1.19. The van der Waals surface area contributed by atoms with Crippen LogP contribution in [-0.2, 0) is 0 Å². The van der Waals surface area contributed by atoms with Crippen LogP contribution in [-0.4, -0.2) is 5.33 Å². The predicted octanol–water partition coefficient (Wildman–Crippen LogP) is 1.94. The van der Waals surface area contributed by atoms with Crippen molar-refractivity contribution in [3.05, 3.63) is 11.6 Å². The monoisotopic (exact) mass is 153 g/mol. The van der Waals surface area contributed by atoms with E-state index in [9.17, 15) is 0 Å². The third kappa shape index (κ3) is 4.51. The first-order chi connectivity index (χ1) is 2.27. The molecule has 0 unspecified atom stereocenters. The molecule has 0 saturated carbocycles. The molecule has 0 aliphatic carbocycles. The van der Waals surface area contributed by atoms with Crippen molar-refractivity contribution >= 4 is 27.5 Å². The maximum Gasteiger partial charge on any atom is 0.0391 e. The summed E-state index contributed by atoms with van der Waals surface area (Å²) in [5.41, 5.74) is 0. The minimum Gasteiger partial charge on any atom is -0.0882 e. The van der Waals surface area contributed by atoms with E-state index in [4.69, 9.17) is 18.2 Å².